The lowest BCUT2D eigenvalue weighted by molar-refractivity contribution is -0.136. The Hall–Kier alpha value is -1.50. The second-order valence-corrected chi connectivity index (χ2v) is 6.96. The van der Waals surface area contributed by atoms with Crippen LogP contribution in [0.15, 0.2) is 18.2 Å². The maximum Gasteiger partial charge on any atom is 0.239 e. The number of carbonyl (C=O) groups excluding carboxylic acids is 2. The van der Waals surface area contributed by atoms with E-state index >= 15 is 0 Å². The molecule has 6 nitrogen and oxygen atoms in total. The fourth-order valence-corrected chi connectivity index (χ4v) is 2.87. The standard InChI is InChI=1S/C17H24ClN3O3.ClH/c1-10(2)15(19)17(24)21-7-5-11(6-8-21)16(23)20-13-9-12(18)3-4-14(13)22;/h3-4,9-11,15,22H,5-8,19H2,1-2H3,(H,20,23);1H/t15-;/m0./s1. The first-order valence-electron chi connectivity index (χ1n) is 8.13. The van der Waals surface area contributed by atoms with E-state index in [-0.39, 0.29) is 41.8 Å². The summed E-state index contributed by atoms with van der Waals surface area (Å²) < 4.78 is 0. The van der Waals surface area contributed by atoms with Crippen LogP contribution in [0.1, 0.15) is 26.7 Å². The smallest absolute Gasteiger partial charge is 0.239 e. The number of hydrogen-bond acceptors (Lipinski definition) is 4. The van der Waals surface area contributed by atoms with E-state index in [1.807, 2.05) is 13.8 Å². The van der Waals surface area contributed by atoms with Crippen molar-refractivity contribution >= 4 is 41.5 Å². The molecule has 0 saturated carbocycles. The molecule has 0 aromatic heterocycles. The van der Waals surface area contributed by atoms with Gasteiger partial charge in [0.1, 0.15) is 5.75 Å². The van der Waals surface area contributed by atoms with E-state index in [1.54, 1.807) is 11.0 Å². The number of halogens is 2. The normalized spacial score (nSPS) is 16.3. The van der Waals surface area contributed by atoms with Crippen LogP contribution in [0.2, 0.25) is 5.02 Å². The fourth-order valence-electron chi connectivity index (χ4n) is 2.70. The number of piperidine rings is 1. The molecule has 0 aliphatic carbocycles. The Morgan fingerprint density at radius 1 is 1.32 bits per heavy atom. The number of amides is 2. The maximum atomic E-state index is 12.4. The number of hydrogen-bond donors (Lipinski definition) is 3. The number of carbonyl (C=O) groups is 2. The molecule has 4 N–H and O–H groups in total. The molecule has 1 saturated heterocycles. The monoisotopic (exact) mass is 389 g/mol. The SMILES string of the molecule is CC(C)[C@H](N)C(=O)N1CCC(C(=O)Nc2cc(Cl)ccc2O)CC1.Cl. The lowest BCUT2D eigenvalue weighted by Crippen LogP contribution is -2.50. The second-order valence-electron chi connectivity index (χ2n) is 6.52. The molecule has 0 unspecified atom stereocenters. The Kier molecular flexibility index (Phi) is 7.99. The van der Waals surface area contributed by atoms with Crippen LogP contribution in [0.5, 0.6) is 5.75 Å². The number of phenolic OH excluding ortho intramolecular Hbond substituents is 1. The third kappa shape index (κ3) is 5.49. The topological polar surface area (TPSA) is 95.7 Å². The molecule has 1 heterocycles. The number of likely N-dealkylation sites (tertiary alicyclic amines) is 1. The van der Waals surface area contributed by atoms with Gasteiger partial charge in [0.25, 0.3) is 0 Å². The zero-order chi connectivity index (χ0) is 17.9. The quantitative estimate of drug-likeness (QED) is 0.689. The zero-order valence-electron chi connectivity index (χ0n) is 14.4. The van der Waals surface area contributed by atoms with E-state index in [9.17, 15) is 14.7 Å². The molecule has 1 atom stereocenters. The molecule has 1 aromatic rings. The van der Waals surface area contributed by atoms with Gasteiger partial charge in [-0.1, -0.05) is 25.4 Å². The molecule has 0 radical (unpaired) electrons. The van der Waals surface area contributed by atoms with Gasteiger partial charge in [0.05, 0.1) is 11.7 Å². The number of nitrogens with one attached hydrogen (secondary N) is 1. The summed E-state index contributed by atoms with van der Waals surface area (Å²) in [5.74, 6) is -0.375. The lowest BCUT2D eigenvalue weighted by atomic mass is 9.94. The molecule has 1 aliphatic heterocycles. The molecule has 0 bridgehead atoms. The van der Waals surface area contributed by atoms with Gasteiger partial charge < -0.3 is 21.1 Å². The van der Waals surface area contributed by atoms with Crippen molar-refractivity contribution in [1.82, 2.24) is 4.90 Å². The average molecular weight is 390 g/mol. The summed E-state index contributed by atoms with van der Waals surface area (Å²) in [6, 6.07) is 4.00. The third-order valence-corrected chi connectivity index (χ3v) is 4.63. The molecule has 2 amide bonds. The Bertz CT molecular complexity index is 617. The van der Waals surface area contributed by atoms with Crippen molar-refractivity contribution < 1.29 is 14.7 Å². The van der Waals surface area contributed by atoms with Gasteiger partial charge in [-0.3, -0.25) is 9.59 Å². The lowest BCUT2D eigenvalue weighted by Gasteiger charge is -2.33. The number of benzene rings is 1. The summed E-state index contributed by atoms with van der Waals surface area (Å²) in [5, 5.41) is 12.9. The van der Waals surface area contributed by atoms with Crippen LogP contribution in [0.4, 0.5) is 5.69 Å². The second kappa shape index (κ2) is 9.27. The van der Waals surface area contributed by atoms with Crippen molar-refractivity contribution in [2.75, 3.05) is 18.4 Å². The van der Waals surface area contributed by atoms with E-state index < -0.39 is 6.04 Å². The Morgan fingerprint density at radius 3 is 2.48 bits per heavy atom. The van der Waals surface area contributed by atoms with Gasteiger partial charge in [0.2, 0.25) is 11.8 Å². The number of anilines is 1. The van der Waals surface area contributed by atoms with Crippen molar-refractivity contribution in [2.24, 2.45) is 17.6 Å². The summed E-state index contributed by atoms with van der Waals surface area (Å²) in [6.07, 6.45) is 1.15. The van der Waals surface area contributed by atoms with Crippen molar-refractivity contribution in [2.45, 2.75) is 32.7 Å². The van der Waals surface area contributed by atoms with Gasteiger partial charge >= 0.3 is 0 Å². The van der Waals surface area contributed by atoms with E-state index in [0.29, 0.717) is 36.6 Å². The zero-order valence-corrected chi connectivity index (χ0v) is 15.9. The summed E-state index contributed by atoms with van der Waals surface area (Å²) in [7, 11) is 0. The molecular weight excluding hydrogens is 365 g/mol. The fraction of sp³-hybridized carbons (Fsp3) is 0.529. The van der Waals surface area contributed by atoms with Crippen LogP contribution in [0, 0.1) is 11.8 Å². The molecule has 140 valence electrons. The maximum absolute atomic E-state index is 12.4. The summed E-state index contributed by atoms with van der Waals surface area (Å²) >= 11 is 5.88. The first-order valence-corrected chi connectivity index (χ1v) is 8.51. The number of aromatic hydroxyl groups is 1. The van der Waals surface area contributed by atoms with E-state index in [2.05, 4.69) is 5.32 Å². The average Bonchev–Trinajstić information content (AvgIpc) is 2.56. The summed E-state index contributed by atoms with van der Waals surface area (Å²) in [6.45, 7) is 4.86. The van der Waals surface area contributed by atoms with Gasteiger partial charge in [0.15, 0.2) is 0 Å². The van der Waals surface area contributed by atoms with Crippen molar-refractivity contribution in [3.8, 4) is 5.75 Å². The number of phenols is 1. The van der Waals surface area contributed by atoms with Crippen LogP contribution < -0.4 is 11.1 Å². The minimum absolute atomic E-state index is 0. The van der Waals surface area contributed by atoms with Gasteiger partial charge in [-0.2, -0.15) is 0 Å². The molecule has 1 aliphatic rings. The van der Waals surface area contributed by atoms with E-state index in [0.717, 1.165) is 0 Å². The highest BCUT2D eigenvalue weighted by Crippen LogP contribution is 2.28. The molecule has 2 rings (SSSR count). The van der Waals surface area contributed by atoms with Crippen molar-refractivity contribution in [1.29, 1.82) is 0 Å². The highest BCUT2D eigenvalue weighted by atomic mass is 35.5. The van der Waals surface area contributed by atoms with E-state index in [4.69, 9.17) is 17.3 Å². The van der Waals surface area contributed by atoms with Gasteiger partial charge in [-0.15, -0.1) is 12.4 Å². The summed E-state index contributed by atoms with van der Waals surface area (Å²) in [5.41, 5.74) is 6.21. The van der Waals surface area contributed by atoms with Gasteiger partial charge in [-0.25, -0.2) is 0 Å². The molecule has 0 spiro atoms. The molecule has 25 heavy (non-hydrogen) atoms. The highest BCUT2D eigenvalue weighted by molar-refractivity contribution is 6.31. The molecular formula is C17H25Cl2N3O3. The van der Waals surface area contributed by atoms with E-state index in [1.165, 1.54) is 12.1 Å². The first-order chi connectivity index (χ1) is 11.3. The number of nitrogens with two attached hydrogens (primary N) is 1. The Morgan fingerprint density at radius 2 is 1.92 bits per heavy atom. The van der Waals surface area contributed by atoms with Crippen LogP contribution in [0.3, 0.4) is 0 Å². The van der Waals surface area contributed by atoms with Crippen LogP contribution in [-0.4, -0.2) is 41.0 Å². The Balaban J connectivity index is 0.00000312. The number of rotatable bonds is 4. The molecule has 1 aromatic carbocycles. The predicted octanol–water partition coefficient (Wildman–Crippen LogP) is 2.63. The third-order valence-electron chi connectivity index (χ3n) is 4.40. The van der Waals surface area contributed by atoms with Crippen molar-refractivity contribution in [3.63, 3.8) is 0 Å². The summed E-state index contributed by atoms with van der Waals surface area (Å²) in [4.78, 5) is 26.3. The predicted molar refractivity (Wildman–Crippen MR) is 101 cm³/mol. The molecule has 1 fully saturated rings. The van der Waals surface area contributed by atoms with Gasteiger partial charge in [0, 0.05) is 24.0 Å². The van der Waals surface area contributed by atoms with Crippen LogP contribution in [0.25, 0.3) is 0 Å². The van der Waals surface area contributed by atoms with Crippen LogP contribution >= 0.6 is 24.0 Å². The first kappa shape index (κ1) is 21.5. The molecule has 8 heteroatoms. The van der Waals surface area contributed by atoms with Gasteiger partial charge in [-0.05, 0) is 37.0 Å². The van der Waals surface area contributed by atoms with Crippen molar-refractivity contribution in [3.05, 3.63) is 23.2 Å². The minimum Gasteiger partial charge on any atom is -0.506 e. The highest BCUT2D eigenvalue weighted by Gasteiger charge is 2.30. The Labute approximate surface area is 159 Å². The number of nitrogens with zero attached hydrogens (tertiary/aromatic N) is 1. The largest absolute Gasteiger partial charge is 0.506 e. The van der Waals surface area contributed by atoms with Crippen LogP contribution in [-0.2, 0) is 9.59 Å². The minimum atomic E-state index is -0.501.